The van der Waals surface area contributed by atoms with Gasteiger partial charge in [-0.25, -0.2) is 12.8 Å². The van der Waals surface area contributed by atoms with Gasteiger partial charge in [0.25, 0.3) is 0 Å². The van der Waals surface area contributed by atoms with E-state index in [1.807, 2.05) is 12.1 Å². The van der Waals surface area contributed by atoms with Crippen molar-refractivity contribution >= 4 is 9.84 Å². The van der Waals surface area contributed by atoms with Gasteiger partial charge in [0, 0.05) is 18.7 Å². The molecular formula is C16H22FNO2S. The number of halogens is 1. The van der Waals surface area contributed by atoms with Gasteiger partial charge in [-0.1, -0.05) is 18.6 Å². The number of hydrogen-bond donors (Lipinski definition) is 1. The number of hydrogen-bond acceptors (Lipinski definition) is 3. The van der Waals surface area contributed by atoms with Crippen molar-refractivity contribution in [2.24, 2.45) is 5.41 Å². The number of benzene rings is 1. The fourth-order valence-electron chi connectivity index (χ4n) is 4.48. The molecule has 3 rings (SSSR count). The van der Waals surface area contributed by atoms with Crippen molar-refractivity contribution in [3.05, 3.63) is 35.6 Å². The van der Waals surface area contributed by atoms with Crippen LogP contribution < -0.4 is 5.32 Å². The van der Waals surface area contributed by atoms with Gasteiger partial charge >= 0.3 is 0 Å². The molecule has 1 aliphatic heterocycles. The highest BCUT2D eigenvalue weighted by molar-refractivity contribution is 7.91. The van der Waals surface area contributed by atoms with E-state index in [4.69, 9.17) is 0 Å². The van der Waals surface area contributed by atoms with Crippen molar-refractivity contribution in [1.29, 1.82) is 0 Å². The van der Waals surface area contributed by atoms with Gasteiger partial charge in [-0.15, -0.1) is 0 Å². The van der Waals surface area contributed by atoms with Crippen molar-refractivity contribution in [3.63, 3.8) is 0 Å². The first-order chi connectivity index (χ1) is 9.93. The highest BCUT2D eigenvalue weighted by Crippen LogP contribution is 2.54. The van der Waals surface area contributed by atoms with Crippen LogP contribution >= 0.6 is 0 Å². The van der Waals surface area contributed by atoms with E-state index < -0.39 is 9.84 Å². The minimum atomic E-state index is -3.06. The molecule has 21 heavy (non-hydrogen) atoms. The minimum absolute atomic E-state index is 0.147. The van der Waals surface area contributed by atoms with E-state index in [2.05, 4.69) is 5.32 Å². The van der Waals surface area contributed by atoms with E-state index in [0.717, 1.165) is 44.3 Å². The highest BCUT2D eigenvalue weighted by atomic mass is 32.2. The van der Waals surface area contributed by atoms with E-state index in [1.54, 1.807) is 0 Å². The Morgan fingerprint density at radius 1 is 1.24 bits per heavy atom. The third kappa shape index (κ3) is 2.61. The standard InChI is InChI=1S/C16H22FNO2S/c1-21(19,20)15-3-2-8-16(15)9-10-18-11-14(16)12-4-6-13(17)7-5-12/h4-7,14-15,18H,2-3,8-11H2,1H3. The molecule has 3 nitrogen and oxygen atoms in total. The maximum absolute atomic E-state index is 13.2. The van der Waals surface area contributed by atoms with E-state index in [-0.39, 0.29) is 22.4 Å². The lowest BCUT2D eigenvalue weighted by Crippen LogP contribution is -2.49. The molecule has 1 N–H and O–H groups in total. The van der Waals surface area contributed by atoms with Crippen LogP contribution in [0.4, 0.5) is 4.39 Å². The molecule has 0 aromatic heterocycles. The van der Waals surface area contributed by atoms with Gasteiger partial charge in [0.1, 0.15) is 5.82 Å². The van der Waals surface area contributed by atoms with E-state index in [0.29, 0.717) is 0 Å². The Morgan fingerprint density at radius 2 is 1.95 bits per heavy atom. The fraction of sp³-hybridized carbons (Fsp3) is 0.625. The third-order valence-corrected chi connectivity index (χ3v) is 7.09. The smallest absolute Gasteiger partial charge is 0.150 e. The predicted molar refractivity (Wildman–Crippen MR) is 81.5 cm³/mol. The summed E-state index contributed by atoms with van der Waals surface area (Å²) < 4.78 is 37.7. The normalized spacial score (nSPS) is 33.4. The summed E-state index contributed by atoms with van der Waals surface area (Å²) in [7, 11) is -3.06. The van der Waals surface area contributed by atoms with Crippen molar-refractivity contribution in [1.82, 2.24) is 5.32 Å². The molecule has 2 aliphatic rings. The summed E-state index contributed by atoms with van der Waals surface area (Å²) in [6, 6.07) is 6.57. The van der Waals surface area contributed by atoms with Gasteiger partial charge < -0.3 is 5.32 Å². The Balaban J connectivity index is 2.03. The maximum atomic E-state index is 13.2. The zero-order valence-corrected chi connectivity index (χ0v) is 13.1. The maximum Gasteiger partial charge on any atom is 0.150 e. The largest absolute Gasteiger partial charge is 0.316 e. The Labute approximate surface area is 125 Å². The summed E-state index contributed by atoms with van der Waals surface area (Å²) in [4.78, 5) is 0. The molecule has 1 spiro atoms. The molecular weight excluding hydrogens is 289 g/mol. The number of sulfone groups is 1. The number of nitrogens with one attached hydrogen (secondary N) is 1. The van der Waals surface area contributed by atoms with Crippen LogP contribution in [0, 0.1) is 11.2 Å². The summed E-state index contributed by atoms with van der Waals surface area (Å²) in [6.07, 6.45) is 4.93. The zero-order valence-electron chi connectivity index (χ0n) is 12.3. The second-order valence-electron chi connectivity index (χ2n) is 6.50. The molecule has 5 heteroatoms. The number of rotatable bonds is 2. The third-order valence-electron chi connectivity index (χ3n) is 5.35. The van der Waals surface area contributed by atoms with Crippen LogP contribution in [-0.2, 0) is 9.84 Å². The number of piperidine rings is 1. The van der Waals surface area contributed by atoms with E-state index in [1.165, 1.54) is 18.4 Å². The molecule has 1 aromatic carbocycles. The van der Waals surface area contributed by atoms with E-state index >= 15 is 0 Å². The fourth-order valence-corrected chi connectivity index (χ4v) is 6.33. The summed E-state index contributed by atoms with van der Waals surface area (Å²) in [6.45, 7) is 1.64. The molecule has 3 atom stereocenters. The lowest BCUT2D eigenvalue weighted by molar-refractivity contribution is 0.173. The lowest BCUT2D eigenvalue weighted by Gasteiger charge is -2.45. The first-order valence-electron chi connectivity index (χ1n) is 7.58. The Hall–Kier alpha value is -0.940. The summed E-state index contributed by atoms with van der Waals surface area (Å²) in [5.41, 5.74) is 0.871. The summed E-state index contributed by atoms with van der Waals surface area (Å²) >= 11 is 0. The first-order valence-corrected chi connectivity index (χ1v) is 9.54. The second kappa shape index (κ2) is 5.36. The molecule has 0 bridgehead atoms. The van der Waals surface area contributed by atoms with E-state index in [9.17, 15) is 12.8 Å². The molecule has 116 valence electrons. The quantitative estimate of drug-likeness (QED) is 0.913. The predicted octanol–water partition coefficient (Wildman–Crippen LogP) is 2.49. The van der Waals surface area contributed by atoms with Crippen molar-refractivity contribution in [2.75, 3.05) is 19.3 Å². The van der Waals surface area contributed by atoms with Gasteiger partial charge in [0.05, 0.1) is 5.25 Å². The molecule has 1 heterocycles. The van der Waals surface area contributed by atoms with Crippen LogP contribution in [0.2, 0.25) is 0 Å². The summed E-state index contributed by atoms with van der Waals surface area (Å²) in [5, 5.41) is 3.12. The van der Waals surface area contributed by atoms with Gasteiger partial charge in [-0.3, -0.25) is 0 Å². The zero-order chi connectivity index (χ0) is 15.1. The topological polar surface area (TPSA) is 46.2 Å². The highest BCUT2D eigenvalue weighted by Gasteiger charge is 2.53. The van der Waals surface area contributed by atoms with Gasteiger partial charge in [-0.05, 0) is 48.9 Å². The second-order valence-corrected chi connectivity index (χ2v) is 8.73. The monoisotopic (exact) mass is 311 g/mol. The SMILES string of the molecule is CS(=O)(=O)C1CCCC12CCNCC2c1ccc(F)cc1. The average Bonchev–Trinajstić information content (AvgIpc) is 2.85. The minimum Gasteiger partial charge on any atom is -0.316 e. The molecule has 1 aromatic rings. The van der Waals surface area contributed by atoms with Crippen molar-refractivity contribution in [3.8, 4) is 0 Å². The Morgan fingerprint density at radius 3 is 2.62 bits per heavy atom. The molecule has 1 aliphatic carbocycles. The van der Waals surface area contributed by atoms with Crippen LogP contribution in [0.15, 0.2) is 24.3 Å². The van der Waals surface area contributed by atoms with Crippen molar-refractivity contribution in [2.45, 2.75) is 36.9 Å². The average molecular weight is 311 g/mol. The molecule has 1 saturated carbocycles. The van der Waals surface area contributed by atoms with Crippen molar-refractivity contribution < 1.29 is 12.8 Å². The molecule has 0 amide bonds. The molecule has 2 fully saturated rings. The van der Waals surface area contributed by atoms with Crippen LogP contribution in [0.5, 0.6) is 0 Å². The molecule has 1 saturated heterocycles. The lowest BCUT2D eigenvalue weighted by atomic mass is 9.66. The molecule has 0 radical (unpaired) electrons. The first kappa shape index (κ1) is 15.0. The molecule has 3 unspecified atom stereocenters. The van der Waals surface area contributed by atoms with Gasteiger partial charge in [-0.2, -0.15) is 0 Å². The Kier molecular flexibility index (Phi) is 3.82. The van der Waals surface area contributed by atoms with Gasteiger partial charge in [0.2, 0.25) is 0 Å². The Bertz CT molecular complexity index is 614. The van der Waals surface area contributed by atoms with Crippen LogP contribution in [0.25, 0.3) is 0 Å². The van der Waals surface area contributed by atoms with Gasteiger partial charge in [0.15, 0.2) is 9.84 Å². The van der Waals surface area contributed by atoms with Crippen LogP contribution in [-0.4, -0.2) is 33.0 Å². The van der Waals surface area contributed by atoms with Crippen LogP contribution in [0.1, 0.15) is 37.2 Å². The van der Waals surface area contributed by atoms with Crippen LogP contribution in [0.3, 0.4) is 0 Å². The summed E-state index contributed by atoms with van der Waals surface area (Å²) in [5.74, 6) is -0.100.